The molecule has 0 heterocycles. The molecular formula is C25H49O12P. The van der Waals surface area contributed by atoms with E-state index in [4.69, 9.17) is 9.26 Å². The zero-order chi connectivity index (χ0) is 28.6. The quantitative estimate of drug-likeness (QED) is 0.0596. The smallest absolute Gasteiger partial charge is 0.457 e. The first kappa shape index (κ1) is 35.4. The van der Waals surface area contributed by atoms with Crippen molar-refractivity contribution in [1.29, 1.82) is 0 Å². The normalized spacial score (nSPS) is 28.1. The molecule has 13 heteroatoms. The van der Waals surface area contributed by atoms with Crippen LogP contribution in [-0.4, -0.2) is 97.4 Å². The molecule has 0 aliphatic heterocycles. The molecule has 0 amide bonds. The SMILES string of the molecule is CCCCCCCCCCCCCCCC(=O)OC(CO)COP(=O)(O)OC1[C@H](O)[C@H](O)C(O)[C@H](O)[C@H]1O. The number of phosphoric ester groups is 1. The Kier molecular flexibility index (Phi) is 18.1. The standard InChI is InChI=1S/C25H49O12P/c1-2-3-4-5-6-7-8-9-10-11-12-13-14-15-19(27)36-18(16-26)17-35-38(33,34)37-25-23(31)21(29)20(28)22(30)24(25)32/h18,20-26,28-32H,2-17H2,1H3,(H,33,34)/t18?,20?,21-,22+,23-,24-,25?/m1/s1. The molecule has 0 spiro atoms. The van der Waals surface area contributed by atoms with Crippen molar-refractivity contribution < 1.29 is 58.7 Å². The molecule has 7 N–H and O–H groups in total. The first-order valence-corrected chi connectivity index (χ1v) is 15.4. The Morgan fingerprint density at radius 3 is 1.61 bits per heavy atom. The highest BCUT2D eigenvalue weighted by Crippen LogP contribution is 2.47. The Morgan fingerprint density at radius 2 is 1.16 bits per heavy atom. The largest absolute Gasteiger partial charge is 0.472 e. The van der Waals surface area contributed by atoms with Crippen LogP contribution in [0.25, 0.3) is 0 Å². The highest BCUT2D eigenvalue weighted by atomic mass is 31.2. The Balaban J connectivity index is 2.21. The Labute approximate surface area is 225 Å². The minimum atomic E-state index is -5.00. The van der Waals surface area contributed by atoms with Crippen LogP contribution >= 0.6 is 7.82 Å². The van der Waals surface area contributed by atoms with Gasteiger partial charge in [0.2, 0.25) is 0 Å². The molecule has 38 heavy (non-hydrogen) atoms. The molecule has 1 saturated carbocycles. The molecule has 8 atom stereocenters. The van der Waals surface area contributed by atoms with E-state index in [-0.39, 0.29) is 6.42 Å². The first-order valence-electron chi connectivity index (χ1n) is 13.9. The van der Waals surface area contributed by atoms with Gasteiger partial charge < -0.3 is 40.3 Å². The van der Waals surface area contributed by atoms with Crippen molar-refractivity contribution >= 4 is 13.8 Å². The van der Waals surface area contributed by atoms with E-state index >= 15 is 0 Å². The van der Waals surface area contributed by atoms with Gasteiger partial charge in [0.05, 0.1) is 13.2 Å². The summed E-state index contributed by atoms with van der Waals surface area (Å²) >= 11 is 0. The highest BCUT2D eigenvalue weighted by Gasteiger charge is 2.51. The lowest BCUT2D eigenvalue weighted by molar-refractivity contribution is -0.220. The molecule has 226 valence electrons. The third kappa shape index (κ3) is 13.6. The van der Waals surface area contributed by atoms with Crippen LogP contribution in [0, 0.1) is 0 Å². The fourth-order valence-electron chi connectivity index (χ4n) is 4.34. The number of hydrogen-bond acceptors (Lipinski definition) is 11. The third-order valence-electron chi connectivity index (χ3n) is 6.74. The maximum Gasteiger partial charge on any atom is 0.472 e. The topological polar surface area (TPSA) is 203 Å². The summed E-state index contributed by atoms with van der Waals surface area (Å²) < 4.78 is 26.7. The van der Waals surface area contributed by atoms with Crippen LogP contribution in [0.1, 0.15) is 96.8 Å². The molecule has 1 aliphatic rings. The van der Waals surface area contributed by atoms with Crippen LogP contribution in [0.2, 0.25) is 0 Å². The van der Waals surface area contributed by atoms with Gasteiger partial charge in [0, 0.05) is 6.42 Å². The molecule has 1 aliphatic carbocycles. The van der Waals surface area contributed by atoms with E-state index in [1.165, 1.54) is 57.8 Å². The number of hydrogen-bond donors (Lipinski definition) is 7. The van der Waals surface area contributed by atoms with Gasteiger partial charge in [-0.3, -0.25) is 13.8 Å². The van der Waals surface area contributed by atoms with Gasteiger partial charge in [-0.1, -0.05) is 84.0 Å². The van der Waals surface area contributed by atoms with Gasteiger partial charge >= 0.3 is 13.8 Å². The minimum absolute atomic E-state index is 0.125. The van der Waals surface area contributed by atoms with E-state index in [1.807, 2.05) is 0 Å². The molecule has 0 bridgehead atoms. The van der Waals surface area contributed by atoms with Gasteiger partial charge in [-0.15, -0.1) is 0 Å². The van der Waals surface area contributed by atoms with Crippen molar-refractivity contribution in [1.82, 2.24) is 0 Å². The second kappa shape index (κ2) is 19.4. The summed E-state index contributed by atoms with van der Waals surface area (Å²) in [5.41, 5.74) is 0. The van der Waals surface area contributed by atoms with Crippen LogP contribution in [0.5, 0.6) is 0 Å². The van der Waals surface area contributed by atoms with Crippen molar-refractivity contribution in [2.75, 3.05) is 13.2 Å². The molecule has 0 aromatic rings. The number of phosphoric acid groups is 1. The summed E-state index contributed by atoms with van der Waals surface area (Å²) in [5.74, 6) is -0.595. The zero-order valence-corrected chi connectivity index (χ0v) is 23.4. The maximum absolute atomic E-state index is 12.2. The van der Waals surface area contributed by atoms with Crippen LogP contribution in [-0.2, 0) is 23.1 Å². The second-order valence-electron chi connectivity index (χ2n) is 10.1. The summed E-state index contributed by atoms with van der Waals surface area (Å²) in [6.45, 7) is 0.805. The lowest BCUT2D eigenvalue weighted by Gasteiger charge is -2.41. The number of esters is 1. The van der Waals surface area contributed by atoms with E-state index in [2.05, 4.69) is 11.4 Å². The molecule has 0 aromatic heterocycles. The van der Waals surface area contributed by atoms with Crippen LogP contribution in [0.4, 0.5) is 0 Å². The Morgan fingerprint density at radius 1 is 0.737 bits per heavy atom. The average molecular weight is 573 g/mol. The molecule has 1 rings (SSSR count). The number of unbranched alkanes of at least 4 members (excludes halogenated alkanes) is 12. The van der Waals surface area contributed by atoms with Crippen molar-refractivity contribution in [2.24, 2.45) is 0 Å². The predicted molar refractivity (Wildman–Crippen MR) is 138 cm³/mol. The minimum Gasteiger partial charge on any atom is -0.457 e. The summed E-state index contributed by atoms with van der Waals surface area (Å²) in [7, 11) is -5.00. The Bertz CT molecular complexity index is 665. The van der Waals surface area contributed by atoms with Crippen LogP contribution < -0.4 is 0 Å². The van der Waals surface area contributed by atoms with Crippen LogP contribution in [0.15, 0.2) is 0 Å². The van der Waals surface area contributed by atoms with Crippen molar-refractivity contribution in [3.8, 4) is 0 Å². The van der Waals surface area contributed by atoms with Crippen LogP contribution in [0.3, 0.4) is 0 Å². The average Bonchev–Trinajstić information content (AvgIpc) is 2.89. The van der Waals surface area contributed by atoms with Gasteiger partial charge in [-0.05, 0) is 6.42 Å². The van der Waals surface area contributed by atoms with Crippen molar-refractivity contribution in [3.05, 3.63) is 0 Å². The predicted octanol–water partition coefficient (Wildman–Crippen LogP) is 1.69. The van der Waals surface area contributed by atoms with Crippen molar-refractivity contribution in [2.45, 2.75) is 140 Å². The number of carbonyl (C=O) groups excluding carboxylic acids is 1. The van der Waals surface area contributed by atoms with Gasteiger partial charge in [0.15, 0.2) is 0 Å². The van der Waals surface area contributed by atoms with E-state index < -0.39 is 69.7 Å². The first-order chi connectivity index (χ1) is 18.0. The molecule has 12 nitrogen and oxygen atoms in total. The van der Waals surface area contributed by atoms with E-state index in [0.29, 0.717) is 6.42 Å². The number of ether oxygens (including phenoxy) is 1. The van der Waals surface area contributed by atoms with Gasteiger partial charge in [-0.2, -0.15) is 0 Å². The molecule has 0 saturated heterocycles. The number of carbonyl (C=O) groups is 1. The fourth-order valence-corrected chi connectivity index (χ4v) is 5.31. The van der Waals surface area contributed by atoms with Gasteiger partial charge in [-0.25, -0.2) is 4.57 Å². The fraction of sp³-hybridized carbons (Fsp3) is 0.960. The maximum atomic E-state index is 12.2. The number of aliphatic hydroxyl groups is 6. The van der Waals surface area contributed by atoms with Crippen molar-refractivity contribution in [3.63, 3.8) is 0 Å². The molecule has 1 fully saturated rings. The monoisotopic (exact) mass is 572 g/mol. The van der Waals surface area contributed by atoms with E-state index in [9.17, 15) is 44.9 Å². The molecule has 0 radical (unpaired) electrons. The third-order valence-corrected chi connectivity index (χ3v) is 7.72. The lowest BCUT2D eigenvalue weighted by Crippen LogP contribution is -2.64. The lowest BCUT2D eigenvalue weighted by atomic mass is 9.85. The summed E-state index contributed by atoms with van der Waals surface area (Å²) in [5, 5.41) is 58.2. The Hall–Kier alpha value is -0.660. The van der Waals surface area contributed by atoms with E-state index in [0.717, 1.165) is 19.3 Å². The van der Waals surface area contributed by atoms with E-state index in [1.54, 1.807) is 0 Å². The summed E-state index contributed by atoms with van der Waals surface area (Å²) in [6, 6.07) is 0. The number of rotatable bonds is 21. The van der Waals surface area contributed by atoms with Gasteiger partial charge in [0.25, 0.3) is 0 Å². The summed E-state index contributed by atoms with van der Waals surface area (Å²) in [4.78, 5) is 21.9. The molecular weight excluding hydrogens is 523 g/mol. The highest BCUT2D eigenvalue weighted by molar-refractivity contribution is 7.47. The molecule has 0 aromatic carbocycles. The zero-order valence-electron chi connectivity index (χ0n) is 22.5. The van der Waals surface area contributed by atoms with Gasteiger partial charge in [0.1, 0.15) is 42.7 Å². The number of aliphatic hydroxyl groups excluding tert-OH is 6. The summed E-state index contributed by atoms with van der Waals surface area (Å²) in [6.07, 6.45) is 2.27. The second-order valence-corrected chi connectivity index (χ2v) is 11.5. The molecule has 4 unspecified atom stereocenters.